The van der Waals surface area contributed by atoms with Crippen molar-refractivity contribution in [1.82, 2.24) is 9.80 Å². The maximum atomic E-state index is 12.6. The summed E-state index contributed by atoms with van der Waals surface area (Å²) >= 11 is 0. The molecule has 5 nitrogen and oxygen atoms in total. The Kier molecular flexibility index (Phi) is 6.67. The van der Waals surface area contributed by atoms with Crippen LogP contribution in [0.2, 0.25) is 0 Å². The van der Waals surface area contributed by atoms with Crippen LogP contribution in [-0.2, 0) is 16.1 Å². The SMILES string of the molecule is O=C(CCC1CCCCC1)N1CC(=O)N(Cc2ccccc2)CC(O)C1. The number of rotatable bonds is 5. The second-order valence-corrected chi connectivity index (χ2v) is 7.73. The van der Waals surface area contributed by atoms with E-state index >= 15 is 0 Å². The van der Waals surface area contributed by atoms with E-state index in [1.807, 2.05) is 30.3 Å². The minimum Gasteiger partial charge on any atom is -0.389 e. The number of amides is 2. The van der Waals surface area contributed by atoms with Crippen LogP contribution in [0.5, 0.6) is 0 Å². The maximum absolute atomic E-state index is 12.6. The number of hydrogen-bond acceptors (Lipinski definition) is 3. The van der Waals surface area contributed by atoms with Crippen LogP contribution in [0, 0.1) is 5.92 Å². The number of carbonyl (C=O) groups excluding carboxylic acids is 2. The van der Waals surface area contributed by atoms with Gasteiger partial charge in [0.05, 0.1) is 12.6 Å². The van der Waals surface area contributed by atoms with Crippen molar-refractivity contribution in [2.24, 2.45) is 5.92 Å². The van der Waals surface area contributed by atoms with Crippen molar-refractivity contribution in [2.75, 3.05) is 19.6 Å². The van der Waals surface area contributed by atoms with Crippen LogP contribution < -0.4 is 0 Å². The number of hydrogen-bond donors (Lipinski definition) is 1. The fraction of sp³-hybridized carbons (Fsp3) is 0.619. The lowest BCUT2D eigenvalue weighted by Gasteiger charge is -2.24. The van der Waals surface area contributed by atoms with Gasteiger partial charge in [-0.15, -0.1) is 0 Å². The fourth-order valence-electron chi connectivity index (χ4n) is 4.10. The summed E-state index contributed by atoms with van der Waals surface area (Å²) in [6, 6.07) is 9.76. The van der Waals surface area contributed by atoms with Gasteiger partial charge < -0.3 is 14.9 Å². The lowest BCUT2D eigenvalue weighted by atomic mass is 9.86. The summed E-state index contributed by atoms with van der Waals surface area (Å²) in [5.74, 6) is 0.566. The zero-order chi connectivity index (χ0) is 18.4. The summed E-state index contributed by atoms with van der Waals surface area (Å²) < 4.78 is 0. The van der Waals surface area contributed by atoms with Crippen LogP contribution in [-0.4, -0.2) is 52.5 Å². The lowest BCUT2D eigenvalue weighted by Crippen LogP contribution is -2.39. The highest BCUT2D eigenvalue weighted by molar-refractivity contribution is 5.85. The largest absolute Gasteiger partial charge is 0.389 e. The highest BCUT2D eigenvalue weighted by atomic mass is 16.3. The summed E-state index contributed by atoms with van der Waals surface area (Å²) in [6.07, 6.45) is 7.01. The van der Waals surface area contributed by atoms with Gasteiger partial charge in [-0.05, 0) is 17.9 Å². The zero-order valence-electron chi connectivity index (χ0n) is 15.5. The van der Waals surface area contributed by atoms with Gasteiger partial charge >= 0.3 is 0 Å². The number of benzene rings is 1. The molecule has 1 aromatic carbocycles. The van der Waals surface area contributed by atoms with Gasteiger partial charge in [-0.1, -0.05) is 62.4 Å². The number of nitrogens with zero attached hydrogens (tertiary/aromatic N) is 2. The number of aliphatic hydroxyl groups excluding tert-OH is 1. The van der Waals surface area contributed by atoms with E-state index in [9.17, 15) is 14.7 Å². The van der Waals surface area contributed by atoms with E-state index < -0.39 is 6.10 Å². The molecule has 0 radical (unpaired) electrons. The van der Waals surface area contributed by atoms with Gasteiger partial charge in [-0.2, -0.15) is 0 Å². The van der Waals surface area contributed by atoms with Crippen molar-refractivity contribution in [3.05, 3.63) is 35.9 Å². The normalized spacial score (nSPS) is 22.3. The predicted octanol–water partition coefficient (Wildman–Crippen LogP) is 2.58. The lowest BCUT2D eigenvalue weighted by molar-refractivity contribution is -0.139. The molecule has 2 fully saturated rings. The van der Waals surface area contributed by atoms with Gasteiger partial charge in [-0.3, -0.25) is 9.59 Å². The number of carbonyl (C=O) groups is 2. The van der Waals surface area contributed by atoms with Crippen LogP contribution in [0.4, 0.5) is 0 Å². The van der Waals surface area contributed by atoms with E-state index in [0.29, 0.717) is 18.9 Å². The fourth-order valence-corrected chi connectivity index (χ4v) is 4.10. The van der Waals surface area contributed by atoms with E-state index in [0.717, 1.165) is 12.0 Å². The van der Waals surface area contributed by atoms with Crippen LogP contribution >= 0.6 is 0 Å². The van der Waals surface area contributed by atoms with Crippen molar-refractivity contribution in [3.63, 3.8) is 0 Å². The molecule has 0 spiro atoms. The van der Waals surface area contributed by atoms with Gasteiger partial charge in [0.15, 0.2) is 0 Å². The average Bonchev–Trinajstić information content (AvgIpc) is 2.80. The first-order valence-corrected chi connectivity index (χ1v) is 9.89. The molecular formula is C21H30N2O3. The molecule has 5 heteroatoms. The minimum absolute atomic E-state index is 0.00420. The van der Waals surface area contributed by atoms with Crippen LogP contribution in [0.25, 0.3) is 0 Å². The summed E-state index contributed by atoms with van der Waals surface area (Å²) in [5, 5.41) is 10.3. The Morgan fingerprint density at radius 1 is 1.08 bits per heavy atom. The van der Waals surface area contributed by atoms with E-state index in [4.69, 9.17) is 0 Å². The van der Waals surface area contributed by atoms with E-state index in [1.165, 1.54) is 32.1 Å². The van der Waals surface area contributed by atoms with Crippen molar-refractivity contribution in [1.29, 1.82) is 0 Å². The van der Waals surface area contributed by atoms with Gasteiger partial charge in [0, 0.05) is 26.1 Å². The molecule has 2 aliphatic rings. The van der Waals surface area contributed by atoms with Crippen molar-refractivity contribution in [3.8, 4) is 0 Å². The zero-order valence-corrected chi connectivity index (χ0v) is 15.5. The summed E-state index contributed by atoms with van der Waals surface area (Å²) in [4.78, 5) is 28.4. The number of β-amino-alcohol motifs (C(OH)–C–C–N with tert-alkyl or cyclic N) is 1. The molecule has 1 saturated heterocycles. The minimum atomic E-state index is -0.691. The Hall–Kier alpha value is -1.88. The molecule has 3 rings (SSSR count). The molecule has 1 saturated carbocycles. The molecule has 26 heavy (non-hydrogen) atoms. The maximum Gasteiger partial charge on any atom is 0.242 e. The molecular weight excluding hydrogens is 328 g/mol. The Morgan fingerprint density at radius 2 is 1.81 bits per heavy atom. The molecule has 0 aromatic heterocycles. The Balaban J connectivity index is 1.54. The Labute approximate surface area is 156 Å². The van der Waals surface area contributed by atoms with Crippen LogP contribution in [0.15, 0.2) is 30.3 Å². The number of aliphatic hydroxyl groups is 1. The highest BCUT2D eigenvalue weighted by Gasteiger charge is 2.29. The Bertz CT molecular complexity index is 599. The van der Waals surface area contributed by atoms with Gasteiger partial charge in [0.2, 0.25) is 11.8 Å². The first kappa shape index (κ1) is 18.9. The summed E-state index contributed by atoms with van der Waals surface area (Å²) in [5.41, 5.74) is 1.03. The molecule has 1 N–H and O–H groups in total. The highest BCUT2D eigenvalue weighted by Crippen LogP contribution is 2.27. The average molecular weight is 358 g/mol. The molecule has 1 aromatic rings. The van der Waals surface area contributed by atoms with Crippen LogP contribution in [0.1, 0.15) is 50.5 Å². The summed E-state index contributed by atoms with van der Waals surface area (Å²) in [7, 11) is 0. The summed E-state index contributed by atoms with van der Waals surface area (Å²) in [6.45, 7) is 1.08. The smallest absolute Gasteiger partial charge is 0.242 e. The first-order chi connectivity index (χ1) is 12.6. The van der Waals surface area contributed by atoms with Crippen molar-refractivity contribution >= 4 is 11.8 Å². The monoisotopic (exact) mass is 358 g/mol. The third-order valence-electron chi connectivity index (χ3n) is 5.60. The third kappa shape index (κ3) is 5.31. The topological polar surface area (TPSA) is 60.9 Å². The molecule has 2 amide bonds. The Morgan fingerprint density at radius 3 is 2.54 bits per heavy atom. The van der Waals surface area contributed by atoms with E-state index in [1.54, 1.807) is 9.80 Å². The molecule has 1 aliphatic carbocycles. The van der Waals surface area contributed by atoms with Crippen LogP contribution in [0.3, 0.4) is 0 Å². The molecule has 0 bridgehead atoms. The van der Waals surface area contributed by atoms with Gasteiger partial charge in [0.25, 0.3) is 0 Å². The van der Waals surface area contributed by atoms with E-state index in [2.05, 4.69) is 0 Å². The van der Waals surface area contributed by atoms with Crippen molar-refractivity contribution < 1.29 is 14.7 Å². The first-order valence-electron chi connectivity index (χ1n) is 9.89. The molecule has 1 unspecified atom stereocenters. The molecule has 142 valence electrons. The molecule has 1 heterocycles. The predicted molar refractivity (Wildman–Crippen MR) is 100 cm³/mol. The van der Waals surface area contributed by atoms with Crippen molar-refractivity contribution in [2.45, 2.75) is 57.6 Å². The second-order valence-electron chi connectivity index (χ2n) is 7.73. The standard InChI is InChI=1S/C21H30N2O3/c24-19-14-22(13-18-9-5-2-6-10-18)21(26)16-23(15-19)20(25)12-11-17-7-3-1-4-8-17/h2,5-6,9-10,17,19,24H,1,3-4,7-8,11-16H2. The van der Waals surface area contributed by atoms with Gasteiger partial charge in [0.1, 0.15) is 0 Å². The quantitative estimate of drug-likeness (QED) is 0.880. The van der Waals surface area contributed by atoms with E-state index in [-0.39, 0.29) is 31.4 Å². The second kappa shape index (κ2) is 9.17. The third-order valence-corrected chi connectivity index (χ3v) is 5.60. The van der Waals surface area contributed by atoms with Gasteiger partial charge in [-0.25, -0.2) is 0 Å². The molecule has 1 atom stereocenters. The molecule has 1 aliphatic heterocycles.